The molecule has 0 radical (unpaired) electrons. The fourth-order valence-electron chi connectivity index (χ4n) is 0.902. The van der Waals surface area contributed by atoms with Gasteiger partial charge in [-0.3, -0.25) is 4.79 Å². The predicted octanol–water partition coefficient (Wildman–Crippen LogP) is 3.35. The standard InChI is InChI=1S/C8H4Cl2F2O/c9-7(13)5-3-1-2-4-6(5)8(10,11)12/h1-4H. The SMILES string of the molecule is O=C(Cl)c1ccccc1C(F)(F)Cl. The van der Waals surface area contributed by atoms with E-state index >= 15 is 0 Å². The molecule has 0 spiro atoms. The highest BCUT2D eigenvalue weighted by atomic mass is 35.5. The lowest BCUT2D eigenvalue weighted by atomic mass is 10.1. The van der Waals surface area contributed by atoms with E-state index in [9.17, 15) is 13.6 Å². The molecule has 1 aromatic rings. The van der Waals surface area contributed by atoms with Crippen molar-refractivity contribution in [1.29, 1.82) is 0 Å². The van der Waals surface area contributed by atoms with Crippen LogP contribution in [0.5, 0.6) is 0 Å². The largest absolute Gasteiger partial charge is 0.348 e. The Hall–Kier alpha value is -0.670. The van der Waals surface area contributed by atoms with Gasteiger partial charge >= 0.3 is 5.38 Å². The molecule has 5 heteroatoms. The van der Waals surface area contributed by atoms with Gasteiger partial charge in [-0.1, -0.05) is 18.2 Å². The third-order valence-electron chi connectivity index (χ3n) is 1.44. The monoisotopic (exact) mass is 224 g/mol. The van der Waals surface area contributed by atoms with Gasteiger partial charge in [0.25, 0.3) is 5.24 Å². The second-order valence-electron chi connectivity index (χ2n) is 2.32. The molecule has 0 fully saturated rings. The molecule has 70 valence electrons. The first kappa shape index (κ1) is 10.4. The minimum absolute atomic E-state index is 0.274. The van der Waals surface area contributed by atoms with Crippen LogP contribution < -0.4 is 0 Å². The van der Waals surface area contributed by atoms with Crippen LogP contribution in [0, 0.1) is 0 Å². The van der Waals surface area contributed by atoms with Gasteiger partial charge in [0, 0.05) is 11.1 Å². The number of rotatable bonds is 2. The van der Waals surface area contributed by atoms with E-state index in [0.717, 1.165) is 6.07 Å². The van der Waals surface area contributed by atoms with Crippen LogP contribution in [0.3, 0.4) is 0 Å². The smallest absolute Gasteiger partial charge is 0.276 e. The van der Waals surface area contributed by atoms with Gasteiger partial charge in [-0.2, -0.15) is 8.78 Å². The highest BCUT2D eigenvalue weighted by Crippen LogP contribution is 2.34. The zero-order chi connectivity index (χ0) is 10.1. The molecule has 0 aliphatic heterocycles. The fourth-order valence-corrected chi connectivity index (χ4v) is 1.23. The Balaban J connectivity index is 3.28. The van der Waals surface area contributed by atoms with Gasteiger partial charge in [0.2, 0.25) is 0 Å². The van der Waals surface area contributed by atoms with Crippen molar-refractivity contribution in [2.75, 3.05) is 0 Å². The third kappa shape index (κ3) is 2.39. The van der Waals surface area contributed by atoms with E-state index in [-0.39, 0.29) is 5.56 Å². The second kappa shape index (κ2) is 3.60. The van der Waals surface area contributed by atoms with Gasteiger partial charge in [0.15, 0.2) is 0 Å². The Labute approximate surface area is 83.3 Å². The third-order valence-corrected chi connectivity index (χ3v) is 1.85. The fraction of sp³-hybridized carbons (Fsp3) is 0.125. The molecule has 0 atom stereocenters. The number of halogens is 4. The normalized spacial score (nSPS) is 11.4. The van der Waals surface area contributed by atoms with E-state index in [1.807, 2.05) is 0 Å². The van der Waals surface area contributed by atoms with Gasteiger partial charge in [-0.05, 0) is 29.3 Å². The molecule has 0 aromatic heterocycles. The summed E-state index contributed by atoms with van der Waals surface area (Å²) in [4.78, 5) is 10.7. The molecule has 0 aliphatic carbocycles. The van der Waals surface area contributed by atoms with Crippen LogP contribution in [-0.2, 0) is 5.38 Å². The molecule has 1 rings (SSSR count). The van der Waals surface area contributed by atoms with Crippen molar-refractivity contribution in [3.05, 3.63) is 35.4 Å². The number of carbonyl (C=O) groups is 1. The summed E-state index contributed by atoms with van der Waals surface area (Å²) in [6, 6.07) is 5.04. The van der Waals surface area contributed by atoms with Crippen LogP contribution in [0.25, 0.3) is 0 Å². The second-order valence-corrected chi connectivity index (χ2v) is 3.14. The summed E-state index contributed by atoms with van der Waals surface area (Å²) in [5.74, 6) is 0. The summed E-state index contributed by atoms with van der Waals surface area (Å²) in [6.45, 7) is 0. The van der Waals surface area contributed by atoms with Gasteiger partial charge in [-0.25, -0.2) is 0 Å². The molecule has 0 saturated heterocycles. The summed E-state index contributed by atoms with van der Waals surface area (Å²) in [5, 5.41) is -4.52. The van der Waals surface area contributed by atoms with Crippen LogP contribution in [-0.4, -0.2) is 5.24 Å². The van der Waals surface area contributed by atoms with Crippen LogP contribution in [0.15, 0.2) is 24.3 Å². The molecule has 0 aliphatic rings. The summed E-state index contributed by atoms with van der Waals surface area (Å²) in [6.07, 6.45) is 0. The summed E-state index contributed by atoms with van der Waals surface area (Å²) in [7, 11) is 0. The lowest BCUT2D eigenvalue weighted by molar-refractivity contribution is 0.0909. The van der Waals surface area contributed by atoms with Crippen molar-refractivity contribution in [3.63, 3.8) is 0 Å². The minimum atomic E-state index is -3.57. The molecule has 0 heterocycles. The van der Waals surface area contributed by atoms with E-state index in [0.29, 0.717) is 0 Å². The van der Waals surface area contributed by atoms with E-state index < -0.39 is 16.2 Å². The summed E-state index contributed by atoms with van der Waals surface area (Å²) in [5.41, 5.74) is -0.846. The van der Waals surface area contributed by atoms with Crippen LogP contribution in [0.1, 0.15) is 15.9 Å². The topological polar surface area (TPSA) is 17.1 Å². The van der Waals surface area contributed by atoms with Gasteiger partial charge in [0.05, 0.1) is 0 Å². The maximum atomic E-state index is 12.6. The van der Waals surface area contributed by atoms with Crippen molar-refractivity contribution in [2.45, 2.75) is 5.38 Å². The molecule has 0 unspecified atom stereocenters. The first-order chi connectivity index (χ1) is 5.93. The first-order valence-electron chi connectivity index (χ1n) is 3.29. The average Bonchev–Trinajstić information content (AvgIpc) is 2.03. The van der Waals surface area contributed by atoms with Crippen molar-refractivity contribution >= 4 is 28.4 Å². The number of alkyl halides is 3. The first-order valence-corrected chi connectivity index (χ1v) is 4.04. The Morgan fingerprint density at radius 1 is 1.31 bits per heavy atom. The molecule has 0 saturated carbocycles. The van der Waals surface area contributed by atoms with Gasteiger partial charge in [-0.15, -0.1) is 0 Å². The number of hydrogen-bond acceptors (Lipinski definition) is 1. The summed E-state index contributed by atoms with van der Waals surface area (Å²) < 4.78 is 25.3. The molecule has 0 amide bonds. The summed E-state index contributed by atoms with van der Waals surface area (Å²) >= 11 is 9.85. The predicted molar refractivity (Wildman–Crippen MR) is 46.4 cm³/mol. The number of hydrogen-bond donors (Lipinski definition) is 0. The van der Waals surface area contributed by atoms with Gasteiger partial charge in [0.1, 0.15) is 0 Å². The maximum absolute atomic E-state index is 12.6. The zero-order valence-corrected chi connectivity index (χ0v) is 7.74. The number of benzene rings is 1. The van der Waals surface area contributed by atoms with Crippen LogP contribution in [0.2, 0.25) is 0 Å². The molecule has 0 bridgehead atoms. The van der Waals surface area contributed by atoms with E-state index in [1.165, 1.54) is 18.2 Å². The molecular formula is C8H4Cl2F2O. The Kier molecular flexibility index (Phi) is 2.88. The Morgan fingerprint density at radius 3 is 2.23 bits per heavy atom. The van der Waals surface area contributed by atoms with Crippen molar-refractivity contribution in [2.24, 2.45) is 0 Å². The van der Waals surface area contributed by atoms with E-state index in [2.05, 4.69) is 0 Å². The van der Waals surface area contributed by atoms with Crippen LogP contribution in [0.4, 0.5) is 8.78 Å². The quantitative estimate of drug-likeness (QED) is 0.557. The number of carbonyl (C=O) groups excluding carboxylic acids is 1. The van der Waals surface area contributed by atoms with Crippen molar-refractivity contribution < 1.29 is 13.6 Å². The Morgan fingerprint density at radius 2 is 1.85 bits per heavy atom. The van der Waals surface area contributed by atoms with Crippen LogP contribution >= 0.6 is 23.2 Å². The van der Waals surface area contributed by atoms with E-state index in [4.69, 9.17) is 23.2 Å². The Bertz CT molecular complexity index is 333. The van der Waals surface area contributed by atoms with Gasteiger partial charge < -0.3 is 0 Å². The lowest BCUT2D eigenvalue weighted by Gasteiger charge is -2.10. The van der Waals surface area contributed by atoms with E-state index in [1.54, 1.807) is 0 Å². The molecule has 1 aromatic carbocycles. The zero-order valence-electron chi connectivity index (χ0n) is 6.23. The highest BCUT2D eigenvalue weighted by Gasteiger charge is 2.31. The van der Waals surface area contributed by atoms with Crippen molar-refractivity contribution in [1.82, 2.24) is 0 Å². The maximum Gasteiger partial charge on any atom is 0.348 e. The lowest BCUT2D eigenvalue weighted by Crippen LogP contribution is -2.09. The highest BCUT2D eigenvalue weighted by molar-refractivity contribution is 6.68. The van der Waals surface area contributed by atoms with Crippen molar-refractivity contribution in [3.8, 4) is 0 Å². The average molecular weight is 225 g/mol. The molecule has 13 heavy (non-hydrogen) atoms. The molecule has 0 N–H and O–H groups in total. The minimum Gasteiger partial charge on any atom is -0.276 e. The molecular weight excluding hydrogens is 221 g/mol. The molecule has 1 nitrogen and oxygen atoms in total.